The maximum Gasteiger partial charge on any atom is 0.435 e. The first-order chi connectivity index (χ1) is 19.6. The zero-order valence-electron chi connectivity index (χ0n) is 22.4. The fraction of sp³-hybridized carbons (Fsp3) is 0.323. The lowest BCUT2D eigenvalue weighted by Gasteiger charge is -2.22. The van der Waals surface area contributed by atoms with E-state index in [0.717, 1.165) is 28.3 Å². The van der Waals surface area contributed by atoms with Crippen molar-refractivity contribution in [3.05, 3.63) is 106 Å². The number of fused-ring (bicyclic) bond motifs is 1. The van der Waals surface area contributed by atoms with Gasteiger partial charge in [-0.2, -0.15) is 18.3 Å². The van der Waals surface area contributed by atoms with Crippen LogP contribution in [-0.2, 0) is 43.2 Å². The molecule has 1 aliphatic rings. The molecule has 4 aromatic rings. The number of nitrogens with zero attached hydrogens (tertiary/aromatic N) is 3. The van der Waals surface area contributed by atoms with Crippen LogP contribution in [0.25, 0.3) is 11.1 Å². The van der Waals surface area contributed by atoms with Gasteiger partial charge in [0.15, 0.2) is 5.69 Å². The van der Waals surface area contributed by atoms with Gasteiger partial charge in [0.2, 0.25) is 5.91 Å². The second-order valence-electron chi connectivity index (χ2n) is 10.2. The summed E-state index contributed by atoms with van der Waals surface area (Å²) >= 11 is 0. The molecule has 214 valence electrons. The molecule has 1 aliphatic carbocycles. The molecule has 0 bridgehead atoms. The summed E-state index contributed by atoms with van der Waals surface area (Å²) in [6, 6.07) is 13.7. The summed E-state index contributed by atoms with van der Waals surface area (Å²) < 4.78 is 70.3. The smallest absolute Gasteiger partial charge is 0.346 e. The minimum Gasteiger partial charge on any atom is -0.346 e. The van der Waals surface area contributed by atoms with Crippen LogP contribution in [0, 0.1) is 11.6 Å². The number of carbonyl (C=O) groups is 1. The Bertz CT molecular complexity index is 1530. The molecule has 5 nitrogen and oxygen atoms in total. The molecule has 1 amide bonds. The molecule has 2 aromatic carbocycles. The highest BCUT2D eigenvalue weighted by molar-refractivity contribution is 5.77. The summed E-state index contributed by atoms with van der Waals surface area (Å²) in [6.45, 7) is 1.61. The molecule has 10 heteroatoms. The van der Waals surface area contributed by atoms with Crippen LogP contribution in [0.4, 0.5) is 22.0 Å². The third-order valence-electron chi connectivity index (χ3n) is 7.36. The highest BCUT2D eigenvalue weighted by atomic mass is 19.4. The van der Waals surface area contributed by atoms with Gasteiger partial charge in [-0.1, -0.05) is 37.3 Å². The standard InChI is InChI=1S/C31H29F5N4O/c1-2-19-9-11-21(12-10-19)24-7-5-13-37-29(24)26(16-20-14-22(32)17-23(33)15-20)38-28(41)18-40-27-8-4-3-6-25(27)30(39-40)31(34,35)36/h5,7,9-15,17,26H,2-4,6,8,16,18H2,1H3,(H,38,41)/t26-/m0/s1. The van der Waals surface area contributed by atoms with Crippen molar-refractivity contribution < 1.29 is 26.7 Å². The third-order valence-corrected chi connectivity index (χ3v) is 7.36. The first-order valence-corrected chi connectivity index (χ1v) is 13.6. The first-order valence-electron chi connectivity index (χ1n) is 13.6. The van der Waals surface area contributed by atoms with Crippen LogP contribution >= 0.6 is 0 Å². The number of benzene rings is 2. The van der Waals surface area contributed by atoms with Crippen molar-refractivity contribution in [1.29, 1.82) is 0 Å². The van der Waals surface area contributed by atoms with Gasteiger partial charge in [-0.15, -0.1) is 0 Å². The van der Waals surface area contributed by atoms with Crippen LogP contribution in [0.15, 0.2) is 60.8 Å². The van der Waals surface area contributed by atoms with Gasteiger partial charge in [-0.05, 0) is 73.4 Å². The Morgan fingerprint density at radius 3 is 2.39 bits per heavy atom. The molecule has 1 atom stereocenters. The number of carbonyl (C=O) groups excluding carboxylic acids is 1. The van der Waals surface area contributed by atoms with E-state index in [1.54, 1.807) is 12.3 Å². The predicted molar refractivity (Wildman–Crippen MR) is 144 cm³/mol. The summed E-state index contributed by atoms with van der Waals surface area (Å²) in [5, 5.41) is 6.66. The van der Waals surface area contributed by atoms with Crippen LogP contribution < -0.4 is 5.32 Å². The van der Waals surface area contributed by atoms with E-state index in [1.165, 1.54) is 12.1 Å². The van der Waals surface area contributed by atoms with Crippen molar-refractivity contribution in [3.63, 3.8) is 0 Å². The number of hydrogen-bond acceptors (Lipinski definition) is 3. The number of alkyl halides is 3. The lowest BCUT2D eigenvalue weighted by atomic mass is 9.94. The number of hydrogen-bond donors (Lipinski definition) is 1. The molecular weight excluding hydrogens is 539 g/mol. The Labute approximate surface area is 234 Å². The number of halogens is 5. The summed E-state index contributed by atoms with van der Waals surface area (Å²) in [5.41, 5.74) is 3.06. The van der Waals surface area contributed by atoms with E-state index in [4.69, 9.17) is 0 Å². The van der Waals surface area contributed by atoms with Crippen molar-refractivity contribution >= 4 is 5.91 Å². The number of aromatic nitrogens is 3. The largest absolute Gasteiger partial charge is 0.435 e. The maximum atomic E-state index is 14.1. The van der Waals surface area contributed by atoms with E-state index in [1.807, 2.05) is 37.3 Å². The Balaban J connectivity index is 1.49. The molecule has 0 unspecified atom stereocenters. The topological polar surface area (TPSA) is 59.8 Å². The molecule has 0 saturated carbocycles. The SMILES string of the molecule is CCc1ccc(-c2cccnc2[C@H](Cc2cc(F)cc(F)c2)NC(=O)Cn2nc(C(F)(F)F)c3c2CCCC3)cc1. The Hall–Kier alpha value is -4.08. The molecule has 0 fully saturated rings. The number of nitrogens with one attached hydrogen (secondary N) is 1. The number of rotatable bonds is 8. The molecule has 2 aromatic heterocycles. The van der Waals surface area contributed by atoms with Crippen LogP contribution in [0.3, 0.4) is 0 Å². The lowest BCUT2D eigenvalue weighted by Crippen LogP contribution is -2.34. The van der Waals surface area contributed by atoms with Crippen molar-refractivity contribution in [3.8, 4) is 11.1 Å². The van der Waals surface area contributed by atoms with Gasteiger partial charge in [-0.3, -0.25) is 14.5 Å². The molecule has 0 aliphatic heterocycles. The van der Waals surface area contributed by atoms with E-state index in [2.05, 4.69) is 15.4 Å². The zero-order valence-corrected chi connectivity index (χ0v) is 22.4. The second-order valence-corrected chi connectivity index (χ2v) is 10.2. The van der Waals surface area contributed by atoms with Gasteiger partial charge in [0, 0.05) is 29.1 Å². The summed E-state index contributed by atoms with van der Waals surface area (Å²) in [7, 11) is 0. The van der Waals surface area contributed by atoms with Gasteiger partial charge in [-0.25, -0.2) is 8.78 Å². The van der Waals surface area contributed by atoms with E-state index < -0.39 is 42.0 Å². The average Bonchev–Trinajstić information content (AvgIpc) is 3.31. The van der Waals surface area contributed by atoms with Crippen LogP contribution in [0.1, 0.15) is 59.6 Å². The highest BCUT2D eigenvalue weighted by Gasteiger charge is 2.39. The van der Waals surface area contributed by atoms with Crippen molar-refractivity contribution in [2.45, 2.75) is 64.2 Å². The van der Waals surface area contributed by atoms with Crippen molar-refractivity contribution in [2.24, 2.45) is 0 Å². The minimum absolute atomic E-state index is 0.00247. The maximum absolute atomic E-state index is 14.1. The van der Waals surface area contributed by atoms with E-state index >= 15 is 0 Å². The second kappa shape index (κ2) is 11.8. The highest BCUT2D eigenvalue weighted by Crippen LogP contribution is 2.36. The molecule has 5 rings (SSSR count). The lowest BCUT2D eigenvalue weighted by molar-refractivity contribution is -0.142. The molecule has 0 radical (unpaired) electrons. The average molecular weight is 569 g/mol. The number of amides is 1. The number of aryl methyl sites for hydroxylation is 1. The van der Waals surface area contributed by atoms with Crippen molar-refractivity contribution in [1.82, 2.24) is 20.1 Å². The van der Waals surface area contributed by atoms with Gasteiger partial charge in [0.05, 0.1) is 11.7 Å². The minimum atomic E-state index is -4.62. The summed E-state index contributed by atoms with van der Waals surface area (Å²) in [5.74, 6) is -2.11. The quantitative estimate of drug-likeness (QED) is 0.238. The van der Waals surface area contributed by atoms with Crippen LogP contribution in [0.2, 0.25) is 0 Å². The Morgan fingerprint density at radius 1 is 1.00 bits per heavy atom. The molecule has 1 N–H and O–H groups in total. The fourth-order valence-corrected chi connectivity index (χ4v) is 5.45. The van der Waals surface area contributed by atoms with E-state index in [9.17, 15) is 26.7 Å². The summed E-state index contributed by atoms with van der Waals surface area (Å²) in [6.07, 6.45) is -0.210. The van der Waals surface area contributed by atoms with Crippen molar-refractivity contribution in [2.75, 3.05) is 0 Å². The molecule has 2 heterocycles. The third kappa shape index (κ3) is 6.47. The first kappa shape index (κ1) is 28.4. The van der Waals surface area contributed by atoms with E-state index in [0.29, 0.717) is 41.8 Å². The molecular formula is C31H29F5N4O. The zero-order chi connectivity index (χ0) is 29.1. The fourth-order valence-electron chi connectivity index (χ4n) is 5.45. The normalized spacial score (nSPS) is 14.0. The Kier molecular flexibility index (Phi) is 8.19. The van der Waals surface area contributed by atoms with Gasteiger partial charge in [0.1, 0.15) is 18.2 Å². The van der Waals surface area contributed by atoms with E-state index in [-0.39, 0.29) is 18.4 Å². The molecule has 0 saturated heterocycles. The van der Waals surface area contributed by atoms with Gasteiger partial charge in [0.25, 0.3) is 0 Å². The van der Waals surface area contributed by atoms with Gasteiger partial charge < -0.3 is 5.32 Å². The molecule has 0 spiro atoms. The molecule has 41 heavy (non-hydrogen) atoms. The number of pyridine rings is 1. The van der Waals surface area contributed by atoms with Crippen LogP contribution in [-0.4, -0.2) is 20.7 Å². The Morgan fingerprint density at radius 2 is 1.71 bits per heavy atom. The van der Waals surface area contributed by atoms with Gasteiger partial charge >= 0.3 is 6.18 Å². The summed E-state index contributed by atoms with van der Waals surface area (Å²) in [4.78, 5) is 17.9. The monoisotopic (exact) mass is 568 g/mol. The predicted octanol–water partition coefficient (Wildman–Crippen LogP) is 6.78. The van der Waals surface area contributed by atoms with Crippen LogP contribution in [0.5, 0.6) is 0 Å².